The molecule has 0 radical (unpaired) electrons. The number of nitrogens with zero attached hydrogens (tertiary/aromatic N) is 1. The molecule has 0 spiro atoms. The molecule has 142 valence electrons. The van der Waals surface area contributed by atoms with Crippen LogP contribution in [0.1, 0.15) is 56.1 Å². The van der Waals surface area contributed by atoms with Crippen LogP contribution in [0.15, 0.2) is 35.3 Å². The topological polar surface area (TPSA) is 117 Å². The van der Waals surface area contributed by atoms with Crippen molar-refractivity contribution in [2.45, 2.75) is 63.1 Å². The van der Waals surface area contributed by atoms with Crippen molar-refractivity contribution in [3.05, 3.63) is 42.4 Å². The Kier molecular flexibility index (Phi) is 6.46. The van der Waals surface area contributed by atoms with Crippen LogP contribution in [0, 0.1) is 5.92 Å². The van der Waals surface area contributed by atoms with Crippen LogP contribution in [0.4, 0.5) is 0 Å². The number of hydrogen-bond donors (Lipinski definition) is 4. The van der Waals surface area contributed by atoms with Gasteiger partial charge in [-0.05, 0) is 24.5 Å². The summed E-state index contributed by atoms with van der Waals surface area (Å²) in [5.74, 6) is 0.696. The first-order valence-electron chi connectivity index (χ1n) is 9.38. The van der Waals surface area contributed by atoms with Crippen molar-refractivity contribution < 1.29 is 14.3 Å². The largest absolute Gasteiger partial charge is 0.467 e. The molecule has 7 nitrogen and oxygen atoms in total. The first kappa shape index (κ1) is 18.7. The summed E-state index contributed by atoms with van der Waals surface area (Å²) < 4.78 is 5.35. The van der Waals surface area contributed by atoms with E-state index in [0.717, 1.165) is 25.0 Å². The Morgan fingerprint density at radius 2 is 2.23 bits per heavy atom. The van der Waals surface area contributed by atoms with Gasteiger partial charge in [0, 0.05) is 18.3 Å². The number of hydrogen-bond acceptors (Lipinski definition) is 5. The summed E-state index contributed by atoms with van der Waals surface area (Å²) in [5, 5.41) is 13.7. The third-order valence-electron chi connectivity index (χ3n) is 5.19. The maximum absolute atomic E-state index is 12.6. The number of aromatic nitrogens is 2. The number of rotatable bonds is 8. The van der Waals surface area contributed by atoms with Gasteiger partial charge in [-0.25, -0.2) is 4.98 Å². The summed E-state index contributed by atoms with van der Waals surface area (Å²) in [6.07, 6.45) is 10.9. The van der Waals surface area contributed by atoms with Crippen molar-refractivity contribution in [3.8, 4) is 0 Å². The Morgan fingerprint density at radius 3 is 2.88 bits per heavy atom. The summed E-state index contributed by atoms with van der Waals surface area (Å²) in [6.45, 7) is 0. The first-order valence-corrected chi connectivity index (χ1v) is 9.38. The molecule has 1 amide bonds. The lowest BCUT2D eigenvalue weighted by Crippen LogP contribution is -2.49. The molecule has 1 aliphatic carbocycles. The molecule has 1 fully saturated rings. The minimum absolute atomic E-state index is 0.272. The zero-order valence-corrected chi connectivity index (χ0v) is 14.9. The lowest BCUT2D eigenvalue weighted by atomic mass is 9.83. The summed E-state index contributed by atoms with van der Waals surface area (Å²) in [7, 11) is 0. The van der Waals surface area contributed by atoms with Gasteiger partial charge in [0.1, 0.15) is 11.9 Å². The second-order valence-corrected chi connectivity index (χ2v) is 7.20. The number of H-pyrrole nitrogens is 1. The fourth-order valence-corrected chi connectivity index (χ4v) is 3.72. The van der Waals surface area contributed by atoms with Crippen LogP contribution in [0.5, 0.6) is 0 Å². The van der Waals surface area contributed by atoms with Crippen molar-refractivity contribution in [2.75, 3.05) is 0 Å². The average Bonchev–Trinajstić information content (AvgIpc) is 3.35. The van der Waals surface area contributed by atoms with Crippen molar-refractivity contribution >= 4 is 5.91 Å². The quantitative estimate of drug-likeness (QED) is 0.575. The standard InChI is InChI=1S/C19H28N4O3/c20-15(10-14-11-21-12-22-14)19(25)23-16(9-13-5-2-1-3-6-13)18(24)17-7-4-8-26-17/h4,7-8,11-13,15-16,18,24H,1-3,5-6,9-10,20H2,(H,21,22)(H,23,25)/t15-,16-,18+/m0/s1. The molecule has 1 aliphatic rings. The Hall–Kier alpha value is -2.12. The second-order valence-electron chi connectivity index (χ2n) is 7.20. The van der Waals surface area contributed by atoms with Crippen molar-refractivity contribution in [2.24, 2.45) is 11.7 Å². The van der Waals surface area contributed by atoms with Crippen molar-refractivity contribution in [1.82, 2.24) is 15.3 Å². The minimum Gasteiger partial charge on any atom is -0.467 e. The van der Waals surface area contributed by atoms with E-state index in [4.69, 9.17) is 10.2 Å². The Morgan fingerprint density at radius 1 is 1.42 bits per heavy atom. The van der Waals surface area contributed by atoms with Gasteiger partial charge in [-0.1, -0.05) is 32.1 Å². The van der Waals surface area contributed by atoms with E-state index in [1.54, 1.807) is 24.7 Å². The zero-order valence-electron chi connectivity index (χ0n) is 14.9. The molecule has 5 N–H and O–H groups in total. The number of carbonyl (C=O) groups is 1. The predicted octanol–water partition coefficient (Wildman–Crippen LogP) is 2.06. The molecule has 1 saturated carbocycles. The van der Waals surface area contributed by atoms with Gasteiger partial charge in [-0.3, -0.25) is 4.79 Å². The monoisotopic (exact) mass is 360 g/mol. The van der Waals surface area contributed by atoms with E-state index in [1.807, 2.05) is 0 Å². The van der Waals surface area contributed by atoms with Crippen molar-refractivity contribution in [1.29, 1.82) is 0 Å². The van der Waals surface area contributed by atoms with E-state index in [9.17, 15) is 9.90 Å². The Bertz CT molecular complexity index is 650. The number of imidazole rings is 1. The molecule has 0 aliphatic heterocycles. The van der Waals surface area contributed by atoms with Crippen LogP contribution in [-0.4, -0.2) is 33.1 Å². The number of aromatic amines is 1. The van der Waals surface area contributed by atoms with Crippen LogP contribution < -0.4 is 11.1 Å². The summed E-state index contributed by atoms with van der Waals surface area (Å²) in [4.78, 5) is 19.5. The third-order valence-corrected chi connectivity index (χ3v) is 5.19. The van der Waals surface area contributed by atoms with Crippen LogP contribution >= 0.6 is 0 Å². The Balaban J connectivity index is 1.64. The molecular formula is C19H28N4O3. The number of carbonyl (C=O) groups excluding carboxylic acids is 1. The highest BCUT2D eigenvalue weighted by atomic mass is 16.4. The maximum atomic E-state index is 12.6. The predicted molar refractivity (Wildman–Crippen MR) is 97.1 cm³/mol. The van der Waals surface area contributed by atoms with Gasteiger partial charge in [-0.2, -0.15) is 0 Å². The van der Waals surface area contributed by atoms with E-state index in [1.165, 1.54) is 25.5 Å². The average molecular weight is 360 g/mol. The lowest BCUT2D eigenvalue weighted by molar-refractivity contribution is -0.124. The minimum atomic E-state index is -0.879. The van der Waals surface area contributed by atoms with Crippen LogP contribution in [0.25, 0.3) is 0 Å². The summed E-state index contributed by atoms with van der Waals surface area (Å²) in [5.41, 5.74) is 6.85. The van der Waals surface area contributed by atoms with Gasteiger partial charge in [-0.15, -0.1) is 0 Å². The maximum Gasteiger partial charge on any atom is 0.237 e. The molecule has 2 aromatic heterocycles. The number of furan rings is 1. The van der Waals surface area contributed by atoms with Gasteiger partial charge < -0.3 is 25.6 Å². The number of nitrogens with one attached hydrogen (secondary N) is 2. The molecule has 2 heterocycles. The molecule has 3 atom stereocenters. The SMILES string of the molecule is N[C@@H](Cc1cnc[nH]1)C(=O)N[C@@H](CC1CCCCC1)[C@@H](O)c1ccco1. The Labute approximate surface area is 153 Å². The zero-order chi connectivity index (χ0) is 18.4. The molecule has 26 heavy (non-hydrogen) atoms. The van der Waals surface area contributed by atoms with E-state index < -0.39 is 18.2 Å². The van der Waals surface area contributed by atoms with E-state index in [-0.39, 0.29) is 5.91 Å². The molecule has 3 rings (SSSR count). The normalized spacial score (nSPS) is 19.0. The van der Waals surface area contributed by atoms with E-state index in [0.29, 0.717) is 18.1 Å². The molecule has 0 aromatic carbocycles. The van der Waals surface area contributed by atoms with Gasteiger partial charge in [0.25, 0.3) is 0 Å². The summed E-state index contributed by atoms with van der Waals surface area (Å²) >= 11 is 0. The number of amides is 1. The molecule has 0 unspecified atom stereocenters. The molecule has 0 bridgehead atoms. The highest BCUT2D eigenvalue weighted by molar-refractivity contribution is 5.82. The van der Waals surface area contributed by atoms with Crippen LogP contribution in [-0.2, 0) is 11.2 Å². The molecule has 7 heteroatoms. The fraction of sp³-hybridized carbons (Fsp3) is 0.579. The third kappa shape index (κ3) is 4.95. The van der Waals surface area contributed by atoms with Crippen molar-refractivity contribution in [3.63, 3.8) is 0 Å². The van der Waals surface area contributed by atoms with Gasteiger partial charge >= 0.3 is 0 Å². The highest BCUT2D eigenvalue weighted by Crippen LogP contribution is 2.31. The number of aliphatic hydroxyl groups is 1. The first-order chi connectivity index (χ1) is 12.6. The highest BCUT2D eigenvalue weighted by Gasteiger charge is 2.30. The fourth-order valence-electron chi connectivity index (χ4n) is 3.72. The smallest absolute Gasteiger partial charge is 0.237 e. The molecule has 0 saturated heterocycles. The van der Waals surface area contributed by atoms with E-state index in [2.05, 4.69) is 15.3 Å². The van der Waals surface area contributed by atoms with Crippen LogP contribution in [0.2, 0.25) is 0 Å². The van der Waals surface area contributed by atoms with Gasteiger partial charge in [0.15, 0.2) is 0 Å². The number of aliphatic hydroxyl groups excluding tert-OH is 1. The van der Waals surface area contributed by atoms with Crippen LogP contribution in [0.3, 0.4) is 0 Å². The summed E-state index contributed by atoms with van der Waals surface area (Å²) in [6, 6.07) is 2.36. The van der Waals surface area contributed by atoms with Gasteiger partial charge in [0.05, 0.1) is 24.7 Å². The van der Waals surface area contributed by atoms with Gasteiger partial charge in [0.2, 0.25) is 5.91 Å². The second kappa shape index (κ2) is 9.00. The molecule has 2 aromatic rings. The number of nitrogens with two attached hydrogens (primary N) is 1. The lowest BCUT2D eigenvalue weighted by Gasteiger charge is -2.30. The van der Waals surface area contributed by atoms with E-state index >= 15 is 0 Å². The molecular weight excluding hydrogens is 332 g/mol.